The molecule has 1 aliphatic heterocycles. The quantitative estimate of drug-likeness (QED) is 0.727. The lowest BCUT2D eigenvalue weighted by Gasteiger charge is -2.34. The molecule has 0 amide bonds. The van der Waals surface area contributed by atoms with Crippen LogP contribution in [0.2, 0.25) is 0 Å². The molecule has 1 fully saturated rings. The zero-order chi connectivity index (χ0) is 20.1. The first-order valence-electron chi connectivity index (χ1n) is 9.35. The summed E-state index contributed by atoms with van der Waals surface area (Å²) < 4.78 is 25.8. The fourth-order valence-corrected chi connectivity index (χ4v) is 4.47. The Kier molecular flexibility index (Phi) is 6.18. The molecule has 2 aromatic rings. The van der Waals surface area contributed by atoms with Gasteiger partial charge >= 0.3 is 0 Å². The fraction of sp³-hybridized carbons (Fsp3) is 0.318. The average Bonchev–Trinajstić information content (AvgIpc) is 2.70. The van der Waals surface area contributed by atoms with Crippen LogP contribution in [-0.4, -0.2) is 44.4 Å². The number of sulfone groups is 1. The predicted octanol–water partition coefficient (Wildman–Crippen LogP) is 3.26. The third kappa shape index (κ3) is 4.61. The monoisotopic (exact) mass is 395 g/mol. The van der Waals surface area contributed by atoms with E-state index < -0.39 is 9.84 Å². The van der Waals surface area contributed by atoms with Gasteiger partial charge in [0.05, 0.1) is 4.90 Å². The molecule has 0 N–H and O–H groups in total. The van der Waals surface area contributed by atoms with E-state index in [0.717, 1.165) is 30.8 Å². The molecule has 28 heavy (non-hydrogen) atoms. The zero-order valence-electron chi connectivity index (χ0n) is 16.3. The van der Waals surface area contributed by atoms with Crippen LogP contribution >= 0.6 is 0 Å². The number of benzene rings is 2. The molecule has 1 saturated heterocycles. The van der Waals surface area contributed by atoms with Crippen LogP contribution in [0.1, 0.15) is 16.7 Å². The summed E-state index contributed by atoms with van der Waals surface area (Å²) >= 11 is 0. The SMILES string of the molecule is Cc1ccc(S(=O)(=O)C(C#N)=CN2CCN(Cc3ccccc3)CC2)cc1C. The highest BCUT2D eigenvalue weighted by atomic mass is 32.2. The van der Waals surface area contributed by atoms with Crippen molar-refractivity contribution in [1.29, 1.82) is 5.26 Å². The highest BCUT2D eigenvalue weighted by Gasteiger charge is 2.23. The fourth-order valence-electron chi connectivity index (χ4n) is 3.22. The summed E-state index contributed by atoms with van der Waals surface area (Å²) in [6.07, 6.45) is 1.50. The maximum absolute atomic E-state index is 12.9. The molecular weight excluding hydrogens is 370 g/mol. The number of allylic oxidation sites excluding steroid dienone is 1. The molecular formula is C22H25N3O2S. The third-order valence-corrected chi connectivity index (χ3v) is 6.79. The second-order valence-corrected chi connectivity index (χ2v) is 9.07. The predicted molar refractivity (Wildman–Crippen MR) is 110 cm³/mol. The maximum Gasteiger partial charge on any atom is 0.218 e. The smallest absolute Gasteiger partial charge is 0.218 e. The lowest BCUT2D eigenvalue weighted by molar-refractivity contribution is 0.162. The highest BCUT2D eigenvalue weighted by Crippen LogP contribution is 2.22. The second kappa shape index (κ2) is 8.59. The molecule has 0 spiro atoms. The molecule has 0 atom stereocenters. The molecule has 0 aromatic heterocycles. The normalized spacial score (nSPS) is 16.0. The summed E-state index contributed by atoms with van der Waals surface area (Å²) in [4.78, 5) is 4.24. The van der Waals surface area contributed by atoms with E-state index in [-0.39, 0.29) is 9.80 Å². The lowest BCUT2D eigenvalue weighted by atomic mass is 10.1. The molecule has 3 rings (SSSR count). The molecule has 0 radical (unpaired) electrons. The molecule has 0 unspecified atom stereocenters. The van der Waals surface area contributed by atoms with E-state index in [0.29, 0.717) is 13.1 Å². The molecule has 0 aliphatic carbocycles. The van der Waals surface area contributed by atoms with Crippen molar-refractivity contribution in [3.05, 3.63) is 76.3 Å². The zero-order valence-corrected chi connectivity index (χ0v) is 17.1. The summed E-state index contributed by atoms with van der Waals surface area (Å²) in [6, 6.07) is 17.2. The van der Waals surface area contributed by atoms with Crippen molar-refractivity contribution in [2.75, 3.05) is 26.2 Å². The first-order valence-corrected chi connectivity index (χ1v) is 10.8. The Morgan fingerprint density at radius 3 is 2.32 bits per heavy atom. The molecule has 0 bridgehead atoms. The van der Waals surface area contributed by atoms with Gasteiger partial charge in [0.1, 0.15) is 6.07 Å². The number of hydrogen-bond donors (Lipinski definition) is 0. The molecule has 5 nitrogen and oxygen atoms in total. The lowest BCUT2D eigenvalue weighted by Crippen LogP contribution is -2.43. The first-order chi connectivity index (χ1) is 13.4. The number of hydrogen-bond acceptors (Lipinski definition) is 5. The van der Waals surface area contributed by atoms with E-state index in [2.05, 4.69) is 17.0 Å². The van der Waals surface area contributed by atoms with Gasteiger partial charge in [-0.2, -0.15) is 5.26 Å². The molecule has 146 valence electrons. The standard InChI is InChI=1S/C22H25N3O2S/c1-18-8-9-21(14-19(18)2)28(26,27)22(15-23)17-25-12-10-24(11-13-25)16-20-6-4-3-5-7-20/h3-9,14,17H,10-13,16H2,1-2H3. The Morgan fingerprint density at radius 1 is 1.04 bits per heavy atom. The minimum absolute atomic E-state index is 0.172. The Balaban J connectivity index is 1.69. The Morgan fingerprint density at radius 2 is 1.71 bits per heavy atom. The van der Waals surface area contributed by atoms with Crippen molar-refractivity contribution in [3.63, 3.8) is 0 Å². The molecule has 0 saturated carbocycles. The van der Waals surface area contributed by atoms with Crippen LogP contribution in [0, 0.1) is 25.2 Å². The van der Waals surface area contributed by atoms with Crippen LogP contribution in [0.3, 0.4) is 0 Å². The summed E-state index contributed by atoms with van der Waals surface area (Å²) in [5.41, 5.74) is 3.19. The van der Waals surface area contributed by atoms with E-state index in [1.807, 2.05) is 43.0 Å². The average molecular weight is 396 g/mol. The number of nitrogens with zero attached hydrogens (tertiary/aromatic N) is 3. The van der Waals surface area contributed by atoms with E-state index in [9.17, 15) is 13.7 Å². The summed E-state index contributed by atoms with van der Waals surface area (Å²) in [5, 5.41) is 9.49. The van der Waals surface area contributed by atoms with Gasteiger partial charge in [-0.25, -0.2) is 8.42 Å². The first kappa shape index (κ1) is 20.1. The van der Waals surface area contributed by atoms with Crippen molar-refractivity contribution in [2.24, 2.45) is 0 Å². The van der Waals surface area contributed by atoms with Crippen LogP contribution < -0.4 is 0 Å². The summed E-state index contributed by atoms with van der Waals surface area (Å²) in [6.45, 7) is 7.73. The third-order valence-electron chi connectivity index (χ3n) is 5.14. The number of piperazine rings is 1. The number of nitriles is 1. The van der Waals surface area contributed by atoms with E-state index >= 15 is 0 Å². The van der Waals surface area contributed by atoms with Crippen LogP contribution in [0.4, 0.5) is 0 Å². The van der Waals surface area contributed by atoms with Gasteiger partial charge in [0.2, 0.25) is 9.84 Å². The van der Waals surface area contributed by atoms with Crippen molar-refractivity contribution in [1.82, 2.24) is 9.80 Å². The number of rotatable bonds is 5. The topological polar surface area (TPSA) is 64.4 Å². The van der Waals surface area contributed by atoms with Gasteiger partial charge in [0.25, 0.3) is 0 Å². The molecule has 1 aliphatic rings. The Hall–Kier alpha value is -2.62. The summed E-state index contributed by atoms with van der Waals surface area (Å²) in [7, 11) is -3.81. The van der Waals surface area contributed by atoms with E-state index in [1.54, 1.807) is 18.2 Å². The van der Waals surface area contributed by atoms with Crippen molar-refractivity contribution < 1.29 is 8.42 Å². The van der Waals surface area contributed by atoms with Gasteiger partial charge in [-0.1, -0.05) is 36.4 Å². The van der Waals surface area contributed by atoms with Crippen molar-refractivity contribution in [2.45, 2.75) is 25.3 Å². The van der Waals surface area contributed by atoms with Crippen LogP contribution in [0.15, 0.2) is 64.5 Å². The van der Waals surface area contributed by atoms with Crippen LogP contribution in [0.25, 0.3) is 0 Å². The maximum atomic E-state index is 12.9. The minimum atomic E-state index is -3.81. The minimum Gasteiger partial charge on any atom is -0.373 e. The van der Waals surface area contributed by atoms with Gasteiger partial charge < -0.3 is 4.90 Å². The Bertz CT molecular complexity index is 1000. The summed E-state index contributed by atoms with van der Waals surface area (Å²) in [5.74, 6) is 0. The second-order valence-electron chi connectivity index (χ2n) is 7.15. The van der Waals surface area contributed by atoms with E-state index in [4.69, 9.17) is 0 Å². The number of aryl methyl sites for hydroxylation is 2. The van der Waals surface area contributed by atoms with Crippen LogP contribution in [0.5, 0.6) is 0 Å². The van der Waals surface area contributed by atoms with Crippen molar-refractivity contribution in [3.8, 4) is 6.07 Å². The Labute approximate surface area is 167 Å². The van der Waals surface area contributed by atoms with Gasteiger partial charge in [0, 0.05) is 38.9 Å². The largest absolute Gasteiger partial charge is 0.373 e. The van der Waals surface area contributed by atoms with Crippen molar-refractivity contribution >= 4 is 9.84 Å². The van der Waals surface area contributed by atoms with Gasteiger partial charge in [-0.15, -0.1) is 0 Å². The van der Waals surface area contributed by atoms with Crippen LogP contribution in [-0.2, 0) is 16.4 Å². The highest BCUT2D eigenvalue weighted by molar-refractivity contribution is 7.95. The molecule has 2 aromatic carbocycles. The molecule has 1 heterocycles. The van der Waals surface area contributed by atoms with E-state index in [1.165, 1.54) is 11.8 Å². The molecule has 6 heteroatoms. The van der Waals surface area contributed by atoms with Gasteiger partial charge in [-0.05, 0) is 42.7 Å². The van der Waals surface area contributed by atoms with Gasteiger partial charge in [-0.3, -0.25) is 4.90 Å². The van der Waals surface area contributed by atoms with Gasteiger partial charge in [0.15, 0.2) is 4.91 Å².